The van der Waals surface area contributed by atoms with Crippen LogP contribution < -0.4 is 10.8 Å². The van der Waals surface area contributed by atoms with Crippen molar-refractivity contribution >= 4 is 24.2 Å². The molecule has 1 aliphatic heterocycles. The van der Waals surface area contributed by atoms with Crippen LogP contribution in [-0.4, -0.2) is 29.5 Å². The van der Waals surface area contributed by atoms with Crippen molar-refractivity contribution in [3.8, 4) is 0 Å². The highest BCUT2D eigenvalue weighted by Gasteiger charge is 2.36. The van der Waals surface area contributed by atoms with E-state index in [0.29, 0.717) is 23.4 Å². The number of non-ortho nitro benzene ring substituents is 1. The predicted molar refractivity (Wildman–Crippen MR) is 81.6 cm³/mol. The number of hydrogen-bond donors (Lipinski definition) is 2. The standard InChI is InChI=1S/C14H19BN2O5/c1-9(2)3-6-14(18)16-8-13-11-5-4-10(17(20)21)7-12(11)15(19)22-13/h4-5,7,9,13,19H,3,6,8H2,1-2H3,(H,16,18). The largest absolute Gasteiger partial charge is 0.492 e. The van der Waals surface area contributed by atoms with Gasteiger partial charge in [0.15, 0.2) is 0 Å². The quantitative estimate of drug-likeness (QED) is 0.462. The molecule has 8 heteroatoms. The van der Waals surface area contributed by atoms with E-state index in [4.69, 9.17) is 4.65 Å². The first-order valence-corrected chi connectivity index (χ1v) is 7.27. The highest BCUT2D eigenvalue weighted by atomic mass is 16.6. The first-order chi connectivity index (χ1) is 10.4. The molecule has 1 heterocycles. The van der Waals surface area contributed by atoms with E-state index < -0.39 is 18.1 Å². The lowest BCUT2D eigenvalue weighted by Crippen LogP contribution is -2.30. The molecule has 0 radical (unpaired) electrons. The summed E-state index contributed by atoms with van der Waals surface area (Å²) in [6, 6.07) is 4.24. The molecule has 1 unspecified atom stereocenters. The molecular formula is C14H19BN2O5. The van der Waals surface area contributed by atoms with Crippen molar-refractivity contribution in [3.63, 3.8) is 0 Å². The van der Waals surface area contributed by atoms with Crippen LogP contribution in [0.2, 0.25) is 0 Å². The second kappa shape index (κ2) is 6.89. The number of amides is 1. The van der Waals surface area contributed by atoms with Gasteiger partial charge in [0.1, 0.15) is 0 Å². The van der Waals surface area contributed by atoms with Gasteiger partial charge in [-0.3, -0.25) is 14.9 Å². The molecule has 1 aromatic rings. The molecule has 7 nitrogen and oxygen atoms in total. The average Bonchev–Trinajstić information content (AvgIpc) is 2.79. The Bertz CT molecular complexity index is 578. The number of rotatable bonds is 6. The molecule has 0 saturated carbocycles. The smallest absolute Gasteiger partial charge is 0.423 e. The summed E-state index contributed by atoms with van der Waals surface area (Å²) in [5, 5.41) is 23.4. The summed E-state index contributed by atoms with van der Waals surface area (Å²) in [5.41, 5.74) is 0.959. The molecule has 2 rings (SSSR count). The minimum absolute atomic E-state index is 0.0675. The van der Waals surface area contributed by atoms with Gasteiger partial charge < -0.3 is 15.0 Å². The third-order valence-electron chi connectivity index (χ3n) is 3.62. The van der Waals surface area contributed by atoms with Gasteiger partial charge in [-0.05, 0) is 29.4 Å². The fraction of sp³-hybridized carbons (Fsp3) is 0.500. The monoisotopic (exact) mass is 306 g/mol. The van der Waals surface area contributed by atoms with Crippen LogP contribution in [0, 0.1) is 16.0 Å². The molecule has 0 aliphatic carbocycles. The predicted octanol–water partition coefficient (Wildman–Crippen LogP) is 0.906. The van der Waals surface area contributed by atoms with E-state index in [9.17, 15) is 19.9 Å². The van der Waals surface area contributed by atoms with E-state index in [2.05, 4.69) is 5.32 Å². The second-order valence-corrected chi connectivity index (χ2v) is 5.78. The summed E-state index contributed by atoms with van der Waals surface area (Å²) >= 11 is 0. The van der Waals surface area contributed by atoms with Crippen LogP contribution >= 0.6 is 0 Å². The van der Waals surface area contributed by atoms with Crippen LogP contribution in [-0.2, 0) is 9.45 Å². The number of nitro groups is 1. The average molecular weight is 306 g/mol. The lowest BCUT2D eigenvalue weighted by atomic mass is 9.79. The summed E-state index contributed by atoms with van der Waals surface area (Å²) in [4.78, 5) is 22.0. The Morgan fingerprint density at radius 3 is 2.91 bits per heavy atom. The first-order valence-electron chi connectivity index (χ1n) is 7.27. The van der Waals surface area contributed by atoms with Gasteiger partial charge in [0, 0.05) is 25.1 Å². The Labute approximate surface area is 129 Å². The summed E-state index contributed by atoms with van der Waals surface area (Å²) in [5.74, 6) is 0.388. The molecule has 0 spiro atoms. The van der Waals surface area contributed by atoms with Crippen LogP contribution in [0.4, 0.5) is 5.69 Å². The maximum Gasteiger partial charge on any atom is 0.492 e. The Kier molecular flexibility index (Phi) is 5.15. The zero-order chi connectivity index (χ0) is 16.3. The summed E-state index contributed by atoms with van der Waals surface area (Å²) in [7, 11) is -1.20. The number of carbonyl (C=O) groups is 1. The van der Waals surface area contributed by atoms with Crippen molar-refractivity contribution in [2.24, 2.45) is 5.92 Å². The van der Waals surface area contributed by atoms with E-state index >= 15 is 0 Å². The molecule has 1 amide bonds. The van der Waals surface area contributed by atoms with Crippen molar-refractivity contribution in [1.82, 2.24) is 5.32 Å². The molecule has 22 heavy (non-hydrogen) atoms. The van der Waals surface area contributed by atoms with Gasteiger partial charge >= 0.3 is 7.12 Å². The third kappa shape index (κ3) is 3.83. The molecule has 118 valence electrons. The Morgan fingerprint density at radius 2 is 2.27 bits per heavy atom. The van der Waals surface area contributed by atoms with Gasteiger partial charge in [-0.2, -0.15) is 0 Å². The van der Waals surface area contributed by atoms with Gasteiger partial charge in [0.05, 0.1) is 11.0 Å². The minimum Gasteiger partial charge on any atom is -0.423 e. The maximum atomic E-state index is 11.7. The fourth-order valence-corrected chi connectivity index (χ4v) is 2.36. The molecule has 0 aromatic heterocycles. The normalized spacial score (nSPS) is 16.7. The number of nitro benzene ring substituents is 1. The van der Waals surface area contributed by atoms with E-state index in [1.807, 2.05) is 13.8 Å². The molecular weight excluding hydrogens is 287 g/mol. The van der Waals surface area contributed by atoms with Crippen molar-refractivity contribution in [3.05, 3.63) is 33.9 Å². The SMILES string of the molecule is CC(C)CCC(=O)NCC1OB(O)c2cc([N+](=O)[O-])ccc21. The van der Waals surface area contributed by atoms with E-state index in [-0.39, 0.29) is 18.1 Å². The topological polar surface area (TPSA) is 102 Å². The number of benzene rings is 1. The number of nitrogens with one attached hydrogen (secondary N) is 1. The minimum atomic E-state index is -1.20. The number of hydrogen-bond acceptors (Lipinski definition) is 5. The number of carbonyl (C=O) groups excluding carboxylic acids is 1. The summed E-state index contributed by atoms with van der Waals surface area (Å²) < 4.78 is 5.36. The maximum absolute atomic E-state index is 11.7. The van der Waals surface area contributed by atoms with E-state index in [1.165, 1.54) is 12.1 Å². The van der Waals surface area contributed by atoms with Gasteiger partial charge in [-0.15, -0.1) is 0 Å². The Hall–Kier alpha value is -1.93. The fourth-order valence-electron chi connectivity index (χ4n) is 2.36. The molecule has 0 saturated heterocycles. The van der Waals surface area contributed by atoms with Crippen LogP contribution in [0.5, 0.6) is 0 Å². The lowest BCUT2D eigenvalue weighted by Gasteiger charge is -2.14. The van der Waals surface area contributed by atoms with Gasteiger partial charge in [0.25, 0.3) is 5.69 Å². The Morgan fingerprint density at radius 1 is 1.55 bits per heavy atom. The lowest BCUT2D eigenvalue weighted by molar-refractivity contribution is -0.384. The molecule has 1 aromatic carbocycles. The Balaban J connectivity index is 1.99. The summed E-state index contributed by atoms with van der Waals surface area (Å²) in [6.07, 6.45) is 0.761. The van der Waals surface area contributed by atoms with Gasteiger partial charge in [-0.25, -0.2) is 0 Å². The highest BCUT2D eigenvalue weighted by molar-refractivity contribution is 6.61. The molecule has 2 N–H and O–H groups in total. The number of nitrogens with zero attached hydrogens (tertiary/aromatic N) is 1. The van der Waals surface area contributed by atoms with Crippen molar-refractivity contribution in [2.75, 3.05) is 6.54 Å². The molecule has 0 bridgehead atoms. The third-order valence-corrected chi connectivity index (χ3v) is 3.62. The van der Waals surface area contributed by atoms with Crippen molar-refractivity contribution < 1.29 is 19.4 Å². The molecule has 1 aliphatic rings. The molecule has 0 fully saturated rings. The summed E-state index contributed by atoms with van der Waals surface area (Å²) in [6.45, 7) is 4.33. The second-order valence-electron chi connectivity index (χ2n) is 5.78. The number of fused-ring (bicyclic) bond motifs is 1. The highest BCUT2D eigenvalue weighted by Crippen LogP contribution is 2.25. The van der Waals surface area contributed by atoms with Crippen molar-refractivity contribution in [2.45, 2.75) is 32.8 Å². The van der Waals surface area contributed by atoms with Crippen LogP contribution in [0.25, 0.3) is 0 Å². The van der Waals surface area contributed by atoms with Crippen molar-refractivity contribution in [1.29, 1.82) is 0 Å². The van der Waals surface area contributed by atoms with E-state index in [1.54, 1.807) is 6.07 Å². The molecule has 1 atom stereocenters. The van der Waals surface area contributed by atoms with Gasteiger partial charge in [0.2, 0.25) is 5.91 Å². The zero-order valence-electron chi connectivity index (χ0n) is 12.6. The van der Waals surface area contributed by atoms with Gasteiger partial charge in [-0.1, -0.05) is 13.8 Å². The van der Waals surface area contributed by atoms with Crippen LogP contribution in [0.3, 0.4) is 0 Å². The zero-order valence-corrected chi connectivity index (χ0v) is 12.6. The van der Waals surface area contributed by atoms with E-state index in [0.717, 1.165) is 6.42 Å². The van der Waals surface area contributed by atoms with Crippen LogP contribution in [0.1, 0.15) is 38.4 Å². The van der Waals surface area contributed by atoms with Crippen LogP contribution in [0.15, 0.2) is 18.2 Å². The first kappa shape index (κ1) is 16.4.